The minimum Gasteiger partial charge on any atom is -0.465 e. The molecule has 0 fully saturated rings. The minimum atomic E-state index is -2.62. The first-order chi connectivity index (χ1) is 7.65. The van der Waals surface area contributed by atoms with E-state index in [9.17, 15) is 13.6 Å². The molecular formula is C9H13F2N3O2. The highest BCUT2D eigenvalue weighted by Crippen LogP contribution is 2.11. The zero-order valence-electron chi connectivity index (χ0n) is 8.82. The normalized spacial score (nSPS) is 10.8. The molecule has 0 spiro atoms. The van der Waals surface area contributed by atoms with Gasteiger partial charge in [-0.05, 0) is 6.92 Å². The van der Waals surface area contributed by atoms with Crippen molar-refractivity contribution in [1.82, 2.24) is 14.9 Å². The van der Waals surface area contributed by atoms with Crippen LogP contribution in [0.15, 0.2) is 12.4 Å². The molecule has 0 aliphatic carbocycles. The third-order valence-electron chi connectivity index (χ3n) is 1.82. The van der Waals surface area contributed by atoms with Gasteiger partial charge in [-0.2, -0.15) is 8.78 Å². The van der Waals surface area contributed by atoms with Crippen LogP contribution in [0.25, 0.3) is 0 Å². The number of carbonyl (C=O) groups is 1. The van der Waals surface area contributed by atoms with Crippen molar-refractivity contribution in [2.75, 3.05) is 13.2 Å². The molecular weight excluding hydrogens is 220 g/mol. The minimum absolute atomic E-state index is 0.0239. The first-order valence-electron chi connectivity index (χ1n) is 4.81. The molecule has 0 unspecified atom stereocenters. The van der Waals surface area contributed by atoms with Crippen LogP contribution >= 0.6 is 0 Å². The van der Waals surface area contributed by atoms with Gasteiger partial charge in [-0.1, -0.05) is 0 Å². The molecule has 0 amide bonds. The van der Waals surface area contributed by atoms with E-state index < -0.39 is 12.5 Å². The van der Waals surface area contributed by atoms with Crippen molar-refractivity contribution in [3.8, 4) is 0 Å². The number of ether oxygens (including phenoxy) is 1. The maximum Gasteiger partial charge on any atom is 0.319 e. The Labute approximate surface area is 91.4 Å². The molecule has 90 valence electrons. The second kappa shape index (κ2) is 6.16. The van der Waals surface area contributed by atoms with Gasteiger partial charge in [-0.25, -0.2) is 4.98 Å². The van der Waals surface area contributed by atoms with Gasteiger partial charge in [-0.15, -0.1) is 0 Å². The zero-order chi connectivity index (χ0) is 12.0. The highest BCUT2D eigenvalue weighted by Gasteiger charge is 2.11. The topological polar surface area (TPSA) is 56.1 Å². The molecule has 1 aromatic rings. The number of nitrogens with zero attached hydrogens (tertiary/aromatic N) is 2. The van der Waals surface area contributed by atoms with Crippen LogP contribution in [0.3, 0.4) is 0 Å². The average Bonchev–Trinajstić information content (AvgIpc) is 2.66. The number of halogens is 2. The van der Waals surface area contributed by atoms with Crippen molar-refractivity contribution in [2.24, 2.45) is 0 Å². The van der Waals surface area contributed by atoms with E-state index in [2.05, 4.69) is 15.0 Å². The van der Waals surface area contributed by atoms with Crippen LogP contribution in [-0.2, 0) is 16.1 Å². The molecule has 1 rings (SSSR count). The first-order valence-corrected chi connectivity index (χ1v) is 4.81. The molecule has 0 bridgehead atoms. The summed E-state index contributed by atoms with van der Waals surface area (Å²) >= 11 is 0. The zero-order valence-corrected chi connectivity index (χ0v) is 8.82. The monoisotopic (exact) mass is 233 g/mol. The Morgan fingerprint density at radius 1 is 1.69 bits per heavy atom. The fraction of sp³-hybridized carbons (Fsp3) is 0.556. The molecule has 0 aliphatic heterocycles. The Balaban J connectivity index is 2.37. The molecule has 0 saturated carbocycles. The fourth-order valence-corrected chi connectivity index (χ4v) is 1.15. The van der Waals surface area contributed by atoms with E-state index in [1.54, 1.807) is 6.92 Å². The lowest BCUT2D eigenvalue weighted by atomic mass is 10.5. The van der Waals surface area contributed by atoms with Crippen molar-refractivity contribution in [3.05, 3.63) is 18.2 Å². The van der Waals surface area contributed by atoms with E-state index in [4.69, 9.17) is 0 Å². The molecule has 1 heterocycles. The Bertz CT molecular complexity index is 341. The molecule has 16 heavy (non-hydrogen) atoms. The van der Waals surface area contributed by atoms with Gasteiger partial charge >= 0.3 is 12.5 Å². The van der Waals surface area contributed by atoms with Crippen LogP contribution in [0.5, 0.6) is 0 Å². The number of nitrogens with one attached hydrogen (secondary N) is 1. The van der Waals surface area contributed by atoms with E-state index >= 15 is 0 Å². The Kier molecular flexibility index (Phi) is 4.84. The van der Waals surface area contributed by atoms with Crippen molar-refractivity contribution in [3.63, 3.8) is 0 Å². The van der Waals surface area contributed by atoms with Gasteiger partial charge in [0.15, 0.2) is 0 Å². The quantitative estimate of drug-likeness (QED) is 0.743. The van der Waals surface area contributed by atoms with Crippen molar-refractivity contribution < 1.29 is 18.3 Å². The average molecular weight is 233 g/mol. The summed E-state index contributed by atoms with van der Waals surface area (Å²) in [5.74, 6) is -0.239. The number of hydrogen-bond donors (Lipinski definition) is 1. The van der Waals surface area contributed by atoms with Gasteiger partial charge in [0.2, 0.25) is 0 Å². The van der Waals surface area contributed by atoms with Crippen LogP contribution in [0.4, 0.5) is 8.78 Å². The third-order valence-corrected chi connectivity index (χ3v) is 1.82. The van der Waals surface area contributed by atoms with Gasteiger partial charge < -0.3 is 4.74 Å². The molecule has 0 saturated heterocycles. The van der Waals surface area contributed by atoms with Gasteiger partial charge in [0.1, 0.15) is 5.82 Å². The summed E-state index contributed by atoms with van der Waals surface area (Å²) in [7, 11) is 0. The second-order valence-corrected chi connectivity index (χ2v) is 2.94. The maximum absolute atomic E-state index is 12.4. The van der Waals surface area contributed by atoms with Gasteiger partial charge in [-0.3, -0.25) is 14.7 Å². The van der Waals surface area contributed by atoms with Crippen LogP contribution in [0, 0.1) is 0 Å². The third kappa shape index (κ3) is 3.58. The lowest BCUT2D eigenvalue weighted by Gasteiger charge is -2.07. The van der Waals surface area contributed by atoms with E-state index in [-0.39, 0.29) is 18.9 Å². The lowest BCUT2D eigenvalue weighted by molar-refractivity contribution is -0.142. The van der Waals surface area contributed by atoms with Crippen LogP contribution in [0.2, 0.25) is 0 Å². The molecule has 0 radical (unpaired) electrons. The number of aromatic nitrogens is 2. The predicted octanol–water partition coefficient (Wildman–Crippen LogP) is 0.931. The number of imidazole rings is 1. The van der Waals surface area contributed by atoms with Crippen LogP contribution in [0.1, 0.15) is 19.3 Å². The largest absolute Gasteiger partial charge is 0.465 e. The Morgan fingerprint density at radius 2 is 2.44 bits per heavy atom. The number of carbonyl (C=O) groups excluding carboxylic acids is 1. The highest BCUT2D eigenvalue weighted by atomic mass is 19.3. The van der Waals surface area contributed by atoms with Gasteiger partial charge in [0.05, 0.1) is 19.7 Å². The number of hydrogen-bond acceptors (Lipinski definition) is 4. The van der Waals surface area contributed by atoms with Gasteiger partial charge in [0, 0.05) is 12.4 Å². The van der Waals surface area contributed by atoms with Crippen molar-refractivity contribution >= 4 is 5.97 Å². The highest BCUT2D eigenvalue weighted by molar-refractivity contribution is 5.71. The summed E-state index contributed by atoms with van der Waals surface area (Å²) in [4.78, 5) is 14.7. The van der Waals surface area contributed by atoms with E-state index in [0.29, 0.717) is 6.61 Å². The Hall–Kier alpha value is -1.50. The van der Waals surface area contributed by atoms with Crippen LogP contribution < -0.4 is 5.32 Å². The SMILES string of the molecule is CCOC(=O)CNCc1nccn1C(F)F. The fourth-order valence-electron chi connectivity index (χ4n) is 1.15. The molecule has 1 aromatic heterocycles. The summed E-state index contributed by atoms with van der Waals surface area (Å²) in [6.45, 7) is -0.560. The summed E-state index contributed by atoms with van der Waals surface area (Å²) in [5.41, 5.74) is 0. The summed E-state index contributed by atoms with van der Waals surface area (Å²) in [5, 5.41) is 2.68. The number of alkyl halides is 2. The standard InChI is InChI=1S/C9H13F2N3O2/c1-2-16-8(15)6-12-5-7-13-3-4-14(7)9(10)11/h3-4,9,12H,2,5-6H2,1H3. The molecule has 7 heteroatoms. The summed E-state index contributed by atoms with van der Waals surface area (Å²) < 4.78 is 30.1. The summed E-state index contributed by atoms with van der Waals surface area (Å²) in [6.07, 6.45) is 2.47. The smallest absolute Gasteiger partial charge is 0.319 e. The first kappa shape index (κ1) is 12.6. The van der Waals surface area contributed by atoms with E-state index in [0.717, 1.165) is 4.57 Å². The van der Waals surface area contributed by atoms with Crippen LogP contribution in [-0.4, -0.2) is 28.7 Å². The molecule has 1 N–H and O–H groups in total. The predicted molar refractivity (Wildman–Crippen MR) is 51.8 cm³/mol. The molecule has 0 atom stereocenters. The molecule has 5 nitrogen and oxygen atoms in total. The molecule has 0 aliphatic rings. The van der Waals surface area contributed by atoms with E-state index in [1.165, 1.54) is 12.4 Å². The number of esters is 1. The lowest BCUT2D eigenvalue weighted by Crippen LogP contribution is -2.25. The van der Waals surface area contributed by atoms with Crippen molar-refractivity contribution in [1.29, 1.82) is 0 Å². The maximum atomic E-state index is 12.4. The second-order valence-electron chi connectivity index (χ2n) is 2.94. The van der Waals surface area contributed by atoms with E-state index in [1.807, 2.05) is 0 Å². The Morgan fingerprint density at radius 3 is 3.06 bits per heavy atom. The summed E-state index contributed by atoms with van der Waals surface area (Å²) in [6, 6.07) is 0. The molecule has 0 aromatic carbocycles. The number of rotatable bonds is 6. The van der Waals surface area contributed by atoms with Crippen molar-refractivity contribution in [2.45, 2.75) is 20.0 Å². The van der Waals surface area contributed by atoms with Gasteiger partial charge in [0.25, 0.3) is 0 Å².